The Morgan fingerprint density at radius 2 is 2.50 bits per heavy atom. The van der Waals surface area contributed by atoms with Crippen molar-refractivity contribution in [3.05, 3.63) is 12.4 Å². The Bertz CT molecular complexity index is 301. The second-order valence-electron chi connectivity index (χ2n) is 3.39. The summed E-state index contributed by atoms with van der Waals surface area (Å²) in [4.78, 5) is 2.95. The molecule has 0 aromatic carbocycles. The Balaban J connectivity index is 0.00000225. The summed E-state index contributed by atoms with van der Waals surface area (Å²) in [5.74, 6) is 2.49. The summed E-state index contributed by atoms with van der Waals surface area (Å²) in [6, 6.07) is 0. The molecule has 1 rings (SSSR count). The average molecular weight is 246 g/mol. The van der Waals surface area contributed by atoms with Gasteiger partial charge in [0.25, 0.3) is 0 Å². The van der Waals surface area contributed by atoms with E-state index in [-0.39, 0.29) is 24.7 Å². The molecule has 3 atom stereocenters. The predicted molar refractivity (Wildman–Crippen MR) is 56.2 cm³/mol. The Hall–Kier alpha value is -1.22. The van der Waals surface area contributed by atoms with Gasteiger partial charge < -0.3 is 27.3 Å². The number of rotatable bonds is 4. The van der Waals surface area contributed by atoms with Crippen LogP contribution in [0.15, 0.2) is 17.6 Å². The third-order valence-corrected chi connectivity index (χ3v) is 2.28. The largest absolute Gasteiger partial charge is 1.00 e. The van der Waals surface area contributed by atoms with Crippen molar-refractivity contribution in [3.8, 4) is 12.3 Å². The number of hydrogen-bond donors (Lipinski definition) is 2. The Morgan fingerprint density at radius 1 is 1.81 bits per heavy atom. The fourth-order valence-corrected chi connectivity index (χ4v) is 1.33. The van der Waals surface area contributed by atoms with E-state index in [4.69, 9.17) is 16.4 Å². The number of terminal acetylenes is 1. The number of nitrogens with one attached hydrogen (secondary N) is 1. The number of hydrogen-bond acceptors (Lipinski definition) is 4. The van der Waals surface area contributed by atoms with Crippen LogP contribution < -0.4 is 17.3 Å². The van der Waals surface area contributed by atoms with Crippen LogP contribution in [0.2, 0.25) is 0 Å². The maximum absolute atomic E-state index is 8.51. The van der Waals surface area contributed by atoms with Crippen LogP contribution >= 0.6 is 0 Å². The molecule has 0 aliphatic carbocycles. The predicted octanol–water partition coefficient (Wildman–Crippen LogP) is -3.93. The second-order valence-corrected chi connectivity index (χ2v) is 3.39. The van der Waals surface area contributed by atoms with Gasteiger partial charge in [0.15, 0.2) is 6.73 Å². The molecule has 1 aliphatic rings. The molecule has 0 radical (unpaired) electrons. The van der Waals surface area contributed by atoms with Gasteiger partial charge in [-0.3, -0.25) is 4.90 Å². The molecule has 0 aromatic rings. The van der Waals surface area contributed by atoms with E-state index in [1.165, 1.54) is 6.21 Å². The van der Waals surface area contributed by atoms with Gasteiger partial charge in [-0.05, 0) is 6.92 Å². The minimum atomic E-state index is -0.205. The van der Waals surface area contributed by atoms with Crippen molar-refractivity contribution in [2.24, 2.45) is 5.16 Å². The molecule has 0 saturated heterocycles. The van der Waals surface area contributed by atoms with E-state index in [9.17, 15) is 0 Å². The van der Waals surface area contributed by atoms with E-state index in [2.05, 4.69) is 11.1 Å². The summed E-state index contributed by atoms with van der Waals surface area (Å²) < 4.78 is 5.41. The van der Waals surface area contributed by atoms with E-state index in [1.807, 2.05) is 31.3 Å². The highest BCUT2D eigenvalue weighted by molar-refractivity contribution is 5.61. The summed E-state index contributed by atoms with van der Waals surface area (Å²) in [5.41, 5.74) is 0. The first-order valence-corrected chi connectivity index (χ1v) is 4.70. The molecule has 16 heavy (non-hydrogen) atoms. The van der Waals surface area contributed by atoms with Crippen molar-refractivity contribution < 1.29 is 27.3 Å². The standard InChI is InChI=1S/C10H15N3O2.ClH/c1-4-9(2)15-8-13-6-5-12(3)10(13)7-11-14;/h1,5-7,9-10,14H,8H2,2-3H3;1H/b11-7-;. The Labute approximate surface area is 102 Å². The SMILES string of the molecule is C#CC(C)OC[NH+]1C=CN(C)C1/C=N\O.[Cl-]. The van der Waals surface area contributed by atoms with Crippen LogP contribution in [-0.2, 0) is 4.74 Å². The zero-order valence-corrected chi connectivity index (χ0v) is 10.1. The highest BCUT2D eigenvalue weighted by Crippen LogP contribution is 1.94. The summed E-state index contributed by atoms with van der Waals surface area (Å²) in [6.07, 6.45) is 10.3. The molecule has 6 heteroatoms. The van der Waals surface area contributed by atoms with Crippen LogP contribution in [-0.4, -0.2) is 42.4 Å². The first-order valence-electron chi connectivity index (χ1n) is 4.70. The molecule has 0 spiro atoms. The van der Waals surface area contributed by atoms with Crippen LogP contribution in [0.4, 0.5) is 0 Å². The third-order valence-electron chi connectivity index (χ3n) is 2.28. The van der Waals surface area contributed by atoms with E-state index >= 15 is 0 Å². The number of ether oxygens (including phenoxy) is 1. The zero-order valence-electron chi connectivity index (χ0n) is 9.30. The van der Waals surface area contributed by atoms with Crippen molar-refractivity contribution in [2.45, 2.75) is 19.2 Å². The summed E-state index contributed by atoms with van der Waals surface area (Å²) in [6.45, 7) is 2.26. The normalized spacial score (nSPS) is 25.4. The lowest BCUT2D eigenvalue weighted by atomic mass is 10.4. The maximum atomic E-state index is 8.51. The molecule has 0 bridgehead atoms. The molecular weight excluding hydrogens is 230 g/mol. The second kappa shape index (κ2) is 7.12. The molecule has 0 saturated carbocycles. The highest BCUT2D eigenvalue weighted by Gasteiger charge is 2.27. The van der Waals surface area contributed by atoms with Gasteiger partial charge in [-0.25, -0.2) is 0 Å². The lowest BCUT2D eigenvalue weighted by molar-refractivity contribution is -0.886. The smallest absolute Gasteiger partial charge is 0.209 e. The van der Waals surface area contributed by atoms with Crippen LogP contribution in [0.1, 0.15) is 6.92 Å². The van der Waals surface area contributed by atoms with Gasteiger partial charge in [-0.1, -0.05) is 11.1 Å². The van der Waals surface area contributed by atoms with E-state index in [1.54, 1.807) is 0 Å². The zero-order chi connectivity index (χ0) is 11.3. The topological polar surface area (TPSA) is 49.5 Å². The number of nitrogens with zero attached hydrogens (tertiary/aromatic N) is 2. The van der Waals surface area contributed by atoms with Gasteiger partial charge in [0.05, 0.1) is 6.20 Å². The molecule has 0 aromatic heterocycles. The van der Waals surface area contributed by atoms with E-state index in [0.29, 0.717) is 6.73 Å². The summed E-state index contributed by atoms with van der Waals surface area (Å²) in [7, 11) is 1.90. The molecule has 0 amide bonds. The maximum Gasteiger partial charge on any atom is 0.209 e. The van der Waals surface area contributed by atoms with Gasteiger partial charge in [-0.2, -0.15) is 0 Å². The first-order chi connectivity index (χ1) is 7.19. The molecule has 1 heterocycles. The van der Waals surface area contributed by atoms with Crippen LogP contribution in [0.25, 0.3) is 0 Å². The fourth-order valence-electron chi connectivity index (χ4n) is 1.33. The van der Waals surface area contributed by atoms with Crippen molar-refractivity contribution in [1.29, 1.82) is 0 Å². The highest BCUT2D eigenvalue weighted by atomic mass is 35.5. The van der Waals surface area contributed by atoms with E-state index in [0.717, 1.165) is 4.90 Å². The number of quaternary nitrogens is 1. The molecule has 5 nitrogen and oxygen atoms in total. The molecule has 3 unspecified atom stereocenters. The van der Waals surface area contributed by atoms with Gasteiger partial charge in [0.2, 0.25) is 6.17 Å². The number of halogens is 1. The van der Waals surface area contributed by atoms with Crippen LogP contribution in [0.3, 0.4) is 0 Å². The quantitative estimate of drug-likeness (QED) is 0.230. The minimum Gasteiger partial charge on any atom is -1.00 e. The molecule has 90 valence electrons. The lowest BCUT2D eigenvalue weighted by Crippen LogP contribution is -3.12. The van der Waals surface area contributed by atoms with Crippen molar-refractivity contribution in [3.63, 3.8) is 0 Å². The summed E-state index contributed by atoms with van der Waals surface area (Å²) in [5, 5.41) is 11.6. The van der Waals surface area contributed by atoms with Gasteiger partial charge in [0, 0.05) is 7.05 Å². The molecule has 0 fully saturated rings. The van der Waals surface area contributed by atoms with Crippen molar-refractivity contribution >= 4 is 6.21 Å². The van der Waals surface area contributed by atoms with Crippen molar-refractivity contribution in [1.82, 2.24) is 4.90 Å². The lowest BCUT2D eigenvalue weighted by Gasteiger charge is -2.21. The Kier molecular flexibility index (Phi) is 6.58. The first kappa shape index (κ1) is 14.8. The minimum absolute atomic E-state index is 0. The van der Waals surface area contributed by atoms with Gasteiger partial charge in [-0.15, -0.1) is 6.42 Å². The van der Waals surface area contributed by atoms with Gasteiger partial charge >= 0.3 is 0 Å². The van der Waals surface area contributed by atoms with Crippen LogP contribution in [0.5, 0.6) is 0 Å². The average Bonchev–Trinajstić information content (AvgIpc) is 2.58. The van der Waals surface area contributed by atoms with Crippen molar-refractivity contribution in [2.75, 3.05) is 13.8 Å². The Morgan fingerprint density at radius 3 is 3.06 bits per heavy atom. The molecule has 2 N–H and O–H groups in total. The fraction of sp³-hybridized carbons (Fsp3) is 0.500. The summed E-state index contributed by atoms with van der Waals surface area (Å²) >= 11 is 0. The molecule has 1 aliphatic heterocycles. The number of oxime groups is 1. The third kappa shape index (κ3) is 3.74. The van der Waals surface area contributed by atoms with Gasteiger partial charge in [0.1, 0.15) is 18.5 Å². The molecular formula is C10H16ClN3O2. The monoisotopic (exact) mass is 245 g/mol. The van der Waals surface area contributed by atoms with E-state index < -0.39 is 0 Å². The van der Waals surface area contributed by atoms with Crippen LogP contribution in [0, 0.1) is 12.3 Å².